The van der Waals surface area contributed by atoms with Crippen molar-refractivity contribution in [3.8, 4) is 0 Å². The molecule has 0 aromatic rings. The van der Waals surface area contributed by atoms with Crippen molar-refractivity contribution < 1.29 is 20.1 Å². The maximum Gasteiger partial charge on any atom is 0.0802 e. The molecule has 0 rings (SSSR count). The number of hydrogen-bond donors (Lipinski definition) is 2. The molecule has 0 aliphatic carbocycles. The van der Waals surface area contributed by atoms with E-state index in [1.54, 1.807) is 0 Å². The number of carboxylic acid groups (broad SMARTS) is 1. The summed E-state index contributed by atoms with van der Waals surface area (Å²) in [7, 11) is 0. The second kappa shape index (κ2) is 4.87. The Kier molecular flexibility index (Phi) is 4.49. The average molecular weight is 159 g/mol. The van der Waals surface area contributed by atoms with E-state index >= 15 is 0 Å². The van der Waals surface area contributed by atoms with E-state index in [1.165, 1.54) is 0 Å². The Bertz CT molecular complexity index is 153. The molecule has 64 valence electrons. The van der Waals surface area contributed by atoms with Crippen LogP contribution in [0.25, 0.3) is 0 Å². The maximum atomic E-state index is 10.1. The molecular weight excluding hydrogens is 148 g/mol. The molecule has 0 aromatic carbocycles. The number of aliphatic hydroxyl groups is 2. The molecule has 0 saturated heterocycles. The van der Waals surface area contributed by atoms with Crippen molar-refractivity contribution in [3.63, 3.8) is 0 Å². The molecule has 0 radical (unpaired) electrons. The Balaban J connectivity index is 3.73. The number of carbonyl (C=O) groups excluding carboxylic acids is 1. The Morgan fingerprint density at radius 3 is 2.55 bits per heavy atom. The van der Waals surface area contributed by atoms with E-state index in [0.717, 1.165) is 0 Å². The zero-order chi connectivity index (χ0) is 8.85. The maximum absolute atomic E-state index is 10.1. The van der Waals surface area contributed by atoms with Crippen molar-refractivity contribution in [3.05, 3.63) is 12.2 Å². The third kappa shape index (κ3) is 3.75. The lowest BCUT2D eigenvalue weighted by Crippen LogP contribution is -2.30. The van der Waals surface area contributed by atoms with Gasteiger partial charge in [0.1, 0.15) is 0 Å². The Labute approximate surface area is 64.8 Å². The molecule has 0 amide bonds. The van der Waals surface area contributed by atoms with Crippen molar-refractivity contribution in [2.75, 3.05) is 6.61 Å². The molecule has 0 aliphatic heterocycles. The van der Waals surface area contributed by atoms with Crippen LogP contribution in [-0.2, 0) is 4.79 Å². The summed E-state index contributed by atoms with van der Waals surface area (Å²) in [5, 5.41) is 27.4. The highest BCUT2D eigenvalue weighted by atomic mass is 16.4. The number of aliphatic hydroxyl groups excluding tert-OH is 2. The van der Waals surface area contributed by atoms with Gasteiger partial charge in [0.05, 0.1) is 12.1 Å². The molecule has 0 heterocycles. The second-order valence-electron chi connectivity index (χ2n) is 2.19. The minimum Gasteiger partial charge on any atom is -0.545 e. The summed E-state index contributed by atoms with van der Waals surface area (Å²) >= 11 is 0. The van der Waals surface area contributed by atoms with Gasteiger partial charge in [-0.1, -0.05) is 6.58 Å². The van der Waals surface area contributed by atoms with Crippen LogP contribution >= 0.6 is 0 Å². The van der Waals surface area contributed by atoms with Crippen molar-refractivity contribution in [2.24, 2.45) is 0 Å². The van der Waals surface area contributed by atoms with E-state index in [1.807, 2.05) is 0 Å². The lowest BCUT2D eigenvalue weighted by Gasteiger charge is -2.13. The number of aliphatic carboxylic acids is 1. The minimum absolute atomic E-state index is 0.0720. The zero-order valence-corrected chi connectivity index (χ0v) is 6.12. The summed E-state index contributed by atoms with van der Waals surface area (Å²) in [6, 6.07) is 0. The molecule has 0 aromatic heterocycles. The van der Waals surface area contributed by atoms with Gasteiger partial charge in [0.2, 0.25) is 0 Å². The van der Waals surface area contributed by atoms with E-state index in [-0.39, 0.29) is 18.6 Å². The predicted molar refractivity (Wildman–Crippen MR) is 36.5 cm³/mol. The van der Waals surface area contributed by atoms with Gasteiger partial charge in [0.25, 0.3) is 0 Å². The molecule has 0 spiro atoms. The fourth-order valence-electron chi connectivity index (χ4n) is 0.595. The smallest absolute Gasteiger partial charge is 0.0802 e. The number of carboxylic acids is 1. The summed E-state index contributed by atoms with van der Waals surface area (Å²) in [5.74, 6) is -1.45. The highest BCUT2D eigenvalue weighted by Crippen LogP contribution is 2.04. The van der Waals surface area contributed by atoms with Crippen LogP contribution in [0.3, 0.4) is 0 Å². The Morgan fingerprint density at radius 2 is 2.18 bits per heavy atom. The van der Waals surface area contributed by atoms with Crippen molar-refractivity contribution in [1.82, 2.24) is 0 Å². The van der Waals surface area contributed by atoms with Crippen LogP contribution in [0, 0.1) is 0 Å². The van der Waals surface area contributed by atoms with Gasteiger partial charge < -0.3 is 20.1 Å². The molecule has 0 fully saturated rings. The van der Waals surface area contributed by atoms with Crippen LogP contribution in [0.5, 0.6) is 0 Å². The van der Waals surface area contributed by atoms with Crippen LogP contribution < -0.4 is 5.11 Å². The number of carbonyl (C=O) groups is 1. The van der Waals surface area contributed by atoms with Crippen LogP contribution in [0.15, 0.2) is 12.2 Å². The summed E-state index contributed by atoms with van der Waals surface area (Å²) in [4.78, 5) is 10.1. The van der Waals surface area contributed by atoms with Gasteiger partial charge in [-0.05, 0) is 18.4 Å². The Morgan fingerprint density at radius 1 is 1.64 bits per heavy atom. The molecular formula is C7H11O4-. The topological polar surface area (TPSA) is 80.6 Å². The fraction of sp³-hybridized carbons (Fsp3) is 0.571. The van der Waals surface area contributed by atoms with Gasteiger partial charge in [0, 0.05) is 6.61 Å². The highest BCUT2D eigenvalue weighted by molar-refractivity contribution is 5.84. The lowest BCUT2D eigenvalue weighted by molar-refractivity contribution is -0.300. The monoisotopic (exact) mass is 159 g/mol. The summed E-state index contributed by atoms with van der Waals surface area (Å²) in [5.41, 5.74) is -0.335. The van der Waals surface area contributed by atoms with E-state index < -0.39 is 12.1 Å². The van der Waals surface area contributed by atoms with Gasteiger partial charge >= 0.3 is 0 Å². The van der Waals surface area contributed by atoms with Gasteiger partial charge in [-0.25, -0.2) is 0 Å². The first kappa shape index (κ1) is 10.1. The molecule has 4 nitrogen and oxygen atoms in total. The van der Waals surface area contributed by atoms with Gasteiger partial charge in [0.15, 0.2) is 0 Å². The molecule has 0 saturated carbocycles. The molecule has 1 atom stereocenters. The average Bonchev–Trinajstić information content (AvgIpc) is 1.98. The largest absolute Gasteiger partial charge is 0.545 e. The number of rotatable bonds is 5. The van der Waals surface area contributed by atoms with Gasteiger partial charge in [-0.2, -0.15) is 0 Å². The molecule has 4 heteroatoms. The van der Waals surface area contributed by atoms with E-state index in [2.05, 4.69) is 6.58 Å². The first-order chi connectivity index (χ1) is 5.09. The standard InChI is InChI=1S/C7H12O4/c1-5(7(10)11)6(9)3-2-4-8/h6,8-9H,1-4H2,(H,10,11)/p-1. The Hall–Kier alpha value is -0.870. The van der Waals surface area contributed by atoms with Crippen LogP contribution in [-0.4, -0.2) is 28.9 Å². The number of hydrogen-bond acceptors (Lipinski definition) is 4. The van der Waals surface area contributed by atoms with Crippen LogP contribution in [0.4, 0.5) is 0 Å². The summed E-state index contributed by atoms with van der Waals surface area (Å²) < 4.78 is 0. The summed E-state index contributed by atoms with van der Waals surface area (Å²) in [6.07, 6.45) is -0.552. The lowest BCUT2D eigenvalue weighted by atomic mass is 10.1. The molecule has 11 heavy (non-hydrogen) atoms. The third-order valence-corrected chi connectivity index (χ3v) is 1.30. The predicted octanol–water partition coefficient (Wildman–Crippen LogP) is -1.57. The minimum atomic E-state index is -1.45. The molecule has 1 unspecified atom stereocenters. The molecule has 0 aliphatic rings. The molecule has 0 bridgehead atoms. The van der Waals surface area contributed by atoms with Gasteiger partial charge in [-0.3, -0.25) is 0 Å². The normalized spacial score (nSPS) is 12.5. The second-order valence-corrected chi connectivity index (χ2v) is 2.19. The van der Waals surface area contributed by atoms with Crippen molar-refractivity contribution >= 4 is 5.97 Å². The quantitative estimate of drug-likeness (QED) is 0.475. The van der Waals surface area contributed by atoms with Crippen molar-refractivity contribution in [1.29, 1.82) is 0 Å². The third-order valence-electron chi connectivity index (χ3n) is 1.30. The SMILES string of the molecule is C=C(C(=O)[O-])C(O)CCCO. The van der Waals surface area contributed by atoms with E-state index in [0.29, 0.717) is 6.42 Å². The zero-order valence-electron chi connectivity index (χ0n) is 6.12. The molecule has 2 N–H and O–H groups in total. The van der Waals surface area contributed by atoms with Crippen molar-refractivity contribution in [2.45, 2.75) is 18.9 Å². The highest BCUT2D eigenvalue weighted by Gasteiger charge is 2.07. The first-order valence-corrected chi connectivity index (χ1v) is 3.28. The van der Waals surface area contributed by atoms with Gasteiger partial charge in [-0.15, -0.1) is 0 Å². The summed E-state index contributed by atoms with van der Waals surface area (Å²) in [6.45, 7) is 3.04. The van der Waals surface area contributed by atoms with Crippen LogP contribution in [0.1, 0.15) is 12.8 Å². The van der Waals surface area contributed by atoms with Crippen LogP contribution in [0.2, 0.25) is 0 Å². The van der Waals surface area contributed by atoms with E-state index in [4.69, 9.17) is 10.2 Å². The fourth-order valence-corrected chi connectivity index (χ4v) is 0.595. The van der Waals surface area contributed by atoms with E-state index in [9.17, 15) is 9.90 Å². The first-order valence-electron chi connectivity index (χ1n) is 3.28.